The van der Waals surface area contributed by atoms with E-state index >= 15 is 0 Å². The Bertz CT molecular complexity index is 616. The second kappa shape index (κ2) is 6.19. The van der Waals surface area contributed by atoms with Crippen molar-refractivity contribution in [2.45, 2.75) is 88.3 Å². The van der Waals surface area contributed by atoms with Gasteiger partial charge in [0, 0.05) is 18.1 Å². The van der Waals surface area contributed by atoms with Crippen LogP contribution in [0.4, 0.5) is 11.4 Å². The summed E-state index contributed by atoms with van der Waals surface area (Å²) in [6.45, 7) is 0. The highest BCUT2D eigenvalue weighted by Gasteiger charge is 2.46. The molecule has 4 fully saturated rings. The fourth-order valence-corrected chi connectivity index (χ4v) is 6.96. The Morgan fingerprint density at radius 3 is 2.12 bits per heavy atom. The summed E-state index contributed by atoms with van der Waals surface area (Å²) in [5.41, 5.74) is 15.3. The molecule has 4 bridgehead atoms. The number of hydrogen-bond donors (Lipinski definition) is 2. The quantitative estimate of drug-likeness (QED) is 0.778. The van der Waals surface area contributed by atoms with E-state index < -0.39 is 0 Å². The first-order chi connectivity index (χ1) is 12.2. The number of fused-ring (bicyclic) bond motifs is 4. The molecule has 2 saturated carbocycles. The van der Waals surface area contributed by atoms with E-state index in [1.807, 2.05) is 6.07 Å². The Balaban J connectivity index is 1.34. The number of para-hydroxylation sites is 1. The van der Waals surface area contributed by atoms with Crippen molar-refractivity contribution >= 4 is 11.4 Å². The first-order valence-corrected chi connectivity index (χ1v) is 10.6. The van der Waals surface area contributed by atoms with Crippen LogP contribution in [0.15, 0.2) is 18.2 Å². The van der Waals surface area contributed by atoms with Gasteiger partial charge in [0.1, 0.15) is 0 Å². The number of nitrogens with two attached hydrogens (primary N) is 2. The van der Waals surface area contributed by atoms with E-state index in [1.165, 1.54) is 69.8 Å². The molecule has 5 rings (SSSR count). The van der Waals surface area contributed by atoms with Gasteiger partial charge in [-0.1, -0.05) is 31.4 Å². The highest BCUT2D eigenvalue weighted by atomic mass is 15.2. The summed E-state index contributed by atoms with van der Waals surface area (Å²) in [4.78, 5) is 2.99. The number of anilines is 2. The largest absolute Gasteiger partial charge is 0.397 e. The van der Waals surface area contributed by atoms with Gasteiger partial charge >= 0.3 is 0 Å². The minimum atomic E-state index is 0.611. The molecule has 25 heavy (non-hydrogen) atoms. The first-order valence-electron chi connectivity index (χ1n) is 10.6. The molecule has 136 valence electrons. The summed E-state index contributed by atoms with van der Waals surface area (Å²) in [7, 11) is 0. The minimum Gasteiger partial charge on any atom is -0.397 e. The summed E-state index contributed by atoms with van der Waals surface area (Å²) >= 11 is 0. The summed E-state index contributed by atoms with van der Waals surface area (Å²) in [5, 5.41) is 0. The van der Waals surface area contributed by atoms with Gasteiger partial charge in [-0.2, -0.15) is 0 Å². The summed E-state index contributed by atoms with van der Waals surface area (Å²) < 4.78 is 0. The molecule has 4 N–H and O–H groups in total. The summed E-state index contributed by atoms with van der Waals surface area (Å²) in [6.07, 6.45) is 14.4. The predicted octanol–water partition coefficient (Wildman–Crippen LogP) is 4.53. The van der Waals surface area contributed by atoms with Gasteiger partial charge in [0.05, 0.1) is 11.4 Å². The maximum Gasteiger partial charge on any atom is 0.0583 e. The lowest BCUT2D eigenvalue weighted by Gasteiger charge is -2.49. The fourth-order valence-electron chi connectivity index (χ4n) is 6.96. The van der Waals surface area contributed by atoms with Crippen molar-refractivity contribution in [1.82, 2.24) is 4.90 Å². The van der Waals surface area contributed by atoms with Gasteiger partial charge in [0.25, 0.3) is 0 Å². The summed E-state index contributed by atoms with van der Waals surface area (Å²) in [6, 6.07) is 8.68. The molecule has 2 aliphatic heterocycles. The highest BCUT2D eigenvalue weighted by molar-refractivity contribution is 5.68. The average Bonchev–Trinajstić information content (AvgIpc) is 2.87. The maximum atomic E-state index is 6.33. The van der Waals surface area contributed by atoms with Crippen molar-refractivity contribution in [3.8, 4) is 0 Å². The molecule has 0 aromatic heterocycles. The van der Waals surface area contributed by atoms with Crippen LogP contribution in [0.2, 0.25) is 0 Å². The molecule has 0 amide bonds. The van der Waals surface area contributed by atoms with Crippen LogP contribution in [0.3, 0.4) is 0 Å². The molecule has 3 heteroatoms. The zero-order chi connectivity index (χ0) is 17.0. The number of nitrogen functional groups attached to an aromatic ring is 2. The Hall–Kier alpha value is -1.22. The maximum absolute atomic E-state index is 6.33. The fraction of sp³-hybridized carbons (Fsp3) is 0.727. The third kappa shape index (κ3) is 2.75. The molecule has 2 heterocycles. The molecule has 3 nitrogen and oxygen atoms in total. The van der Waals surface area contributed by atoms with Crippen LogP contribution in [0.5, 0.6) is 0 Å². The van der Waals surface area contributed by atoms with Crippen LogP contribution < -0.4 is 11.5 Å². The third-order valence-electron chi connectivity index (χ3n) is 7.93. The number of hydrogen-bond acceptors (Lipinski definition) is 3. The third-order valence-corrected chi connectivity index (χ3v) is 7.93. The lowest BCUT2D eigenvalue weighted by Crippen LogP contribution is -2.51. The standard InChI is InChI=1S/C22H33N3/c23-21-6-2-5-20(22(21)24)16-12-17-7-8-18(13-16)25(17)19-10-14-3-1-4-15(9-14)11-19/h2,5-6,14-19H,1,3-4,7-13,23-24H2/t14-,15+,16-,17+,18-,19+. The van der Waals surface area contributed by atoms with Crippen LogP contribution in [-0.2, 0) is 0 Å². The summed E-state index contributed by atoms with van der Waals surface area (Å²) in [5.74, 6) is 2.67. The molecule has 2 aliphatic carbocycles. The number of piperidine rings is 1. The molecule has 2 saturated heterocycles. The second-order valence-corrected chi connectivity index (χ2v) is 9.37. The van der Waals surface area contributed by atoms with Gasteiger partial charge in [0.15, 0.2) is 0 Å². The second-order valence-electron chi connectivity index (χ2n) is 9.37. The van der Waals surface area contributed by atoms with E-state index in [2.05, 4.69) is 17.0 Å². The van der Waals surface area contributed by atoms with E-state index in [9.17, 15) is 0 Å². The lowest BCUT2D eigenvalue weighted by molar-refractivity contribution is 0.0152. The van der Waals surface area contributed by atoms with E-state index in [4.69, 9.17) is 11.5 Å². The van der Waals surface area contributed by atoms with Gasteiger partial charge in [-0.15, -0.1) is 0 Å². The van der Waals surface area contributed by atoms with Crippen molar-refractivity contribution in [2.24, 2.45) is 11.8 Å². The van der Waals surface area contributed by atoms with Gasteiger partial charge in [-0.25, -0.2) is 0 Å². The Labute approximate surface area is 152 Å². The zero-order valence-electron chi connectivity index (χ0n) is 15.4. The van der Waals surface area contributed by atoms with Gasteiger partial charge in [-0.05, 0) is 74.3 Å². The van der Waals surface area contributed by atoms with Crippen LogP contribution in [0, 0.1) is 11.8 Å². The Kier molecular flexibility index (Phi) is 3.96. The van der Waals surface area contributed by atoms with Crippen LogP contribution in [0.25, 0.3) is 0 Å². The molecule has 0 radical (unpaired) electrons. The predicted molar refractivity (Wildman–Crippen MR) is 104 cm³/mol. The van der Waals surface area contributed by atoms with Crippen molar-refractivity contribution in [1.29, 1.82) is 0 Å². The van der Waals surface area contributed by atoms with Crippen molar-refractivity contribution in [3.63, 3.8) is 0 Å². The molecule has 0 unspecified atom stereocenters. The molecular weight excluding hydrogens is 306 g/mol. The monoisotopic (exact) mass is 339 g/mol. The molecule has 4 aliphatic rings. The normalized spacial score (nSPS) is 41.0. The smallest absolute Gasteiger partial charge is 0.0583 e. The molecule has 1 aromatic rings. The SMILES string of the molecule is Nc1cccc([C@H]2C[C@H]3CC[C@@H](C2)N3[C@H]2C[C@@H]3CCC[C@@H](C3)C2)c1N. The van der Waals surface area contributed by atoms with E-state index in [-0.39, 0.29) is 0 Å². The van der Waals surface area contributed by atoms with Gasteiger partial charge in [0.2, 0.25) is 0 Å². The first kappa shape index (κ1) is 16.0. The lowest BCUT2D eigenvalue weighted by atomic mass is 9.69. The van der Waals surface area contributed by atoms with E-state index in [0.717, 1.165) is 41.3 Å². The number of nitrogens with zero attached hydrogens (tertiary/aromatic N) is 1. The van der Waals surface area contributed by atoms with Crippen LogP contribution in [-0.4, -0.2) is 23.0 Å². The van der Waals surface area contributed by atoms with Crippen molar-refractivity contribution in [2.75, 3.05) is 11.5 Å². The van der Waals surface area contributed by atoms with Crippen molar-refractivity contribution in [3.05, 3.63) is 23.8 Å². The van der Waals surface area contributed by atoms with E-state index in [1.54, 1.807) is 0 Å². The number of benzene rings is 1. The molecular formula is C22H33N3. The molecule has 1 aromatic carbocycles. The molecule has 6 atom stereocenters. The van der Waals surface area contributed by atoms with Crippen molar-refractivity contribution < 1.29 is 0 Å². The van der Waals surface area contributed by atoms with E-state index in [0.29, 0.717) is 5.92 Å². The van der Waals surface area contributed by atoms with Gasteiger partial charge < -0.3 is 11.5 Å². The minimum absolute atomic E-state index is 0.611. The number of rotatable bonds is 2. The zero-order valence-corrected chi connectivity index (χ0v) is 15.4. The van der Waals surface area contributed by atoms with Gasteiger partial charge in [-0.3, -0.25) is 4.90 Å². The average molecular weight is 340 g/mol. The highest BCUT2D eigenvalue weighted by Crippen LogP contribution is 2.50. The Morgan fingerprint density at radius 1 is 0.760 bits per heavy atom. The molecule has 0 spiro atoms. The van der Waals surface area contributed by atoms with Crippen LogP contribution in [0.1, 0.15) is 75.7 Å². The Morgan fingerprint density at radius 2 is 1.44 bits per heavy atom. The topological polar surface area (TPSA) is 55.3 Å². The van der Waals surface area contributed by atoms with Crippen LogP contribution >= 0.6 is 0 Å².